The van der Waals surface area contributed by atoms with E-state index in [-0.39, 0.29) is 17.6 Å². The Balaban J connectivity index is 2.43. The topological polar surface area (TPSA) is 70.8 Å². The van der Waals surface area contributed by atoms with Crippen LogP contribution in [0.25, 0.3) is 0 Å². The number of furan rings is 1. The van der Waals surface area contributed by atoms with Gasteiger partial charge >= 0.3 is 5.97 Å². The number of carboxylic acids is 1. The van der Waals surface area contributed by atoms with Crippen LogP contribution in [0.15, 0.2) is 22.8 Å². The first kappa shape index (κ1) is 15.6. The third-order valence-corrected chi connectivity index (χ3v) is 4.15. The summed E-state index contributed by atoms with van der Waals surface area (Å²) in [7, 11) is 1.68. The minimum absolute atomic E-state index is 0.00863. The minimum atomic E-state index is -0.874. The van der Waals surface area contributed by atoms with Gasteiger partial charge in [0.15, 0.2) is 0 Å². The Morgan fingerprint density at radius 3 is 2.63 bits per heavy atom. The highest BCUT2D eigenvalue weighted by Crippen LogP contribution is 2.20. The Bertz CT molecular complexity index is 416. The van der Waals surface area contributed by atoms with Crippen molar-refractivity contribution in [3.05, 3.63) is 24.2 Å². The van der Waals surface area contributed by atoms with E-state index in [9.17, 15) is 9.59 Å². The number of nitrogens with zero attached hydrogens (tertiary/aromatic N) is 1. The molecule has 106 valence electrons. The largest absolute Gasteiger partial charge is 0.480 e. The van der Waals surface area contributed by atoms with Crippen molar-refractivity contribution in [1.82, 2.24) is 4.90 Å². The molecule has 0 radical (unpaired) electrons. The molecule has 0 aliphatic carbocycles. The van der Waals surface area contributed by atoms with E-state index in [1.165, 1.54) is 16.7 Å². The molecule has 0 saturated heterocycles. The second-order valence-corrected chi connectivity index (χ2v) is 5.77. The van der Waals surface area contributed by atoms with Gasteiger partial charge in [0.1, 0.15) is 11.0 Å². The van der Waals surface area contributed by atoms with E-state index < -0.39 is 11.2 Å². The molecule has 1 unspecified atom stereocenters. The van der Waals surface area contributed by atoms with Crippen LogP contribution in [0.3, 0.4) is 0 Å². The lowest BCUT2D eigenvalue weighted by atomic mass is 10.1. The Kier molecular flexibility index (Phi) is 5.95. The summed E-state index contributed by atoms with van der Waals surface area (Å²) in [6, 6.07) is 3.56. The standard InChI is InChI=1S/C13H19NO4S/c1-9(2)12(13(16)17)19-8-11(15)14(3)7-10-5-4-6-18-10/h4-6,9,12H,7-8H2,1-3H3,(H,16,17). The van der Waals surface area contributed by atoms with Crippen molar-refractivity contribution in [1.29, 1.82) is 0 Å². The highest BCUT2D eigenvalue weighted by Gasteiger charge is 2.23. The number of carboxylic acid groups (broad SMARTS) is 1. The van der Waals surface area contributed by atoms with Crippen LogP contribution in [0.2, 0.25) is 0 Å². The molecule has 1 atom stereocenters. The fourth-order valence-electron chi connectivity index (χ4n) is 1.54. The van der Waals surface area contributed by atoms with Crippen molar-refractivity contribution < 1.29 is 19.1 Å². The molecular formula is C13H19NO4S. The lowest BCUT2D eigenvalue weighted by molar-refractivity contribution is -0.137. The van der Waals surface area contributed by atoms with Crippen molar-refractivity contribution in [2.24, 2.45) is 5.92 Å². The van der Waals surface area contributed by atoms with Crippen LogP contribution < -0.4 is 0 Å². The molecule has 0 aliphatic rings. The first-order chi connectivity index (χ1) is 8.91. The van der Waals surface area contributed by atoms with E-state index in [4.69, 9.17) is 9.52 Å². The predicted molar refractivity (Wildman–Crippen MR) is 73.9 cm³/mol. The van der Waals surface area contributed by atoms with Gasteiger partial charge in [0.25, 0.3) is 0 Å². The molecule has 0 aromatic carbocycles. The number of hydrogen-bond donors (Lipinski definition) is 1. The van der Waals surface area contributed by atoms with Crippen LogP contribution in [-0.4, -0.2) is 39.9 Å². The average molecular weight is 285 g/mol. The van der Waals surface area contributed by atoms with E-state index in [0.717, 1.165) is 0 Å². The van der Waals surface area contributed by atoms with Gasteiger partial charge in [0.2, 0.25) is 5.91 Å². The molecule has 0 aliphatic heterocycles. The van der Waals surface area contributed by atoms with E-state index in [1.54, 1.807) is 25.4 Å². The number of aliphatic carboxylic acids is 1. The Labute approximate surface area is 117 Å². The maximum Gasteiger partial charge on any atom is 0.316 e. The van der Waals surface area contributed by atoms with Gasteiger partial charge in [-0.1, -0.05) is 13.8 Å². The number of hydrogen-bond acceptors (Lipinski definition) is 4. The number of amides is 1. The summed E-state index contributed by atoms with van der Waals surface area (Å²) in [5.41, 5.74) is 0. The molecule has 6 heteroatoms. The monoisotopic (exact) mass is 285 g/mol. The van der Waals surface area contributed by atoms with Gasteiger partial charge in [-0.2, -0.15) is 0 Å². The molecule has 1 heterocycles. The molecule has 0 fully saturated rings. The van der Waals surface area contributed by atoms with Crippen LogP contribution in [0.4, 0.5) is 0 Å². The fraction of sp³-hybridized carbons (Fsp3) is 0.538. The second kappa shape index (κ2) is 7.23. The number of carbonyl (C=O) groups excluding carboxylic acids is 1. The van der Waals surface area contributed by atoms with Crippen molar-refractivity contribution >= 4 is 23.6 Å². The number of carbonyl (C=O) groups is 2. The lowest BCUT2D eigenvalue weighted by Crippen LogP contribution is -2.30. The van der Waals surface area contributed by atoms with Gasteiger partial charge in [-0.15, -0.1) is 11.8 Å². The second-order valence-electron chi connectivity index (χ2n) is 4.64. The van der Waals surface area contributed by atoms with Gasteiger partial charge < -0.3 is 14.4 Å². The summed E-state index contributed by atoms with van der Waals surface area (Å²) in [4.78, 5) is 24.4. The number of thioether (sulfide) groups is 1. The zero-order chi connectivity index (χ0) is 14.4. The summed E-state index contributed by atoms with van der Waals surface area (Å²) >= 11 is 1.17. The van der Waals surface area contributed by atoms with E-state index >= 15 is 0 Å². The molecule has 0 bridgehead atoms. The lowest BCUT2D eigenvalue weighted by Gasteiger charge is -2.19. The van der Waals surface area contributed by atoms with Gasteiger partial charge in [-0.05, 0) is 18.1 Å². The summed E-state index contributed by atoms with van der Waals surface area (Å²) in [5.74, 6) is -0.119. The highest BCUT2D eigenvalue weighted by molar-refractivity contribution is 8.01. The van der Waals surface area contributed by atoms with E-state index in [0.29, 0.717) is 12.3 Å². The SMILES string of the molecule is CC(C)C(SCC(=O)N(C)Cc1ccco1)C(=O)O. The molecule has 0 saturated carbocycles. The highest BCUT2D eigenvalue weighted by atomic mass is 32.2. The summed E-state index contributed by atoms with van der Waals surface area (Å²) in [5, 5.41) is 8.49. The van der Waals surface area contributed by atoms with Gasteiger partial charge in [-0.3, -0.25) is 9.59 Å². The molecule has 1 amide bonds. The minimum Gasteiger partial charge on any atom is -0.480 e. The molecule has 1 N–H and O–H groups in total. The molecule has 1 aromatic rings. The van der Waals surface area contributed by atoms with Crippen molar-refractivity contribution in [2.75, 3.05) is 12.8 Å². The normalized spacial score (nSPS) is 12.4. The molecule has 5 nitrogen and oxygen atoms in total. The Hall–Kier alpha value is -1.43. The van der Waals surface area contributed by atoms with Gasteiger partial charge in [0, 0.05) is 7.05 Å². The molecule has 0 spiro atoms. The predicted octanol–water partition coefficient (Wildman–Crippen LogP) is 2.08. The van der Waals surface area contributed by atoms with Crippen LogP contribution >= 0.6 is 11.8 Å². The zero-order valence-corrected chi connectivity index (χ0v) is 12.1. The van der Waals surface area contributed by atoms with Gasteiger partial charge in [-0.25, -0.2) is 0 Å². The average Bonchev–Trinajstić information content (AvgIpc) is 2.80. The first-order valence-corrected chi connectivity index (χ1v) is 7.07. The summed E-state index contributed by atoms with van der Waals surface area (Å²) in [6.07, 6.45) is 1.56. The third-order valence-electron chi connectivity index (χ3n) is 2.63. The molecular weight excluding hydrogens is 266 g/mol. The number of rotatable bonds is 7. The summed E-state index contributed by atoms with van der Waals surface area (Å²) < 4.78 is 5.16. The van der Waals surface area contributed by atoms with Crippen LogP contribution in [-0.2, 0) is 16.1 Å². The maximum atomic E-state index is 11.9. The smallest absolute Gasteiger partial charge is 0.316 e. The molecule has 1 rings (SSSR count). The summed E-state index contributed by atoms with van der Waals surface area (Å²) in [6.45, 7) is 4.07. The van der Waals surface area contributed by atoms with Crippen molar-refractivity contribution in [3.63, 3.8) is 0 Å². The maximum absolute atomic E-state index is 11.9. The third kappa shape index (κ3) is 4.98. The quantitative estimate of drug-likeness (QED) is 0.830. The van der Waals surface area contributed by atoms with Crippen molar-refractivity contribution in [3.8, 4) is 0 Å². The first-order valence-electron chi connectivity index (χ1n) is 6.02. The Morgan fingerprint density at radius 2 is 2.16 bits per heavy atom. The molecule has 19 heavy (non-hydrogen) atoms. The fourth-order valence-corrected chi connectivity index (χ4v) is 2.61. The van der Waals surface area contributed by atoms with Crippen molar-refractivity contribution in [2.45, 2.75) is 25.6 Å². The Morgan fingerprint density at radius 1 is 1.47 bits per heavy atom. The molecule has 1 aromatic heterocycles. The van der Waals surface area contributed by atoms with Crippen LogP contribution in [0.5, 0.6) is 0 Å². The van der Waals surface area contributed by atoms with Gasteiger partial charge in [0.05, 0.1) is 18.6 Å². The van der Waals surface area contributed by atoms with E-state index in [1.807, 2.05) is 13.8 Å². The zero-order valence-electron chi connectivity index (χ0n) is 11.3. The van der Waals surface area contributed by atoms with Crippen LogP contribution in [0, 0.1) is 5.92 Å². The van der Waals surface area contributed by atoms with E-state index in [2.05, 4.69) is 0 Å². The van der Waals surface area contributed by atoms with Crippen LogP contribution in [0.1, 0.15) is 19.6 Å².